The number of nitrogens with two attached hydrogens (primary N) is 1. The highest BCUT2D eigenvalue weighted by Gasteiger charge is 2.28. The monoisotopic (exact) mass is 348 g/mol. The van der Waals surface area contributed by atoms with Gasteiger partial charge in [0.15, 0.2) is 0 Å². The van der Waals surface area contributed by atoms with Gasteiger partial charge in [-0.05, 0) is 25.8 Å². The predicted molar refractivity (Wildman–Crippen MR) is 89.8 cm³/mol. The minimum Gasteiger partial charge on any atom is -0.343 e. The molecule has 0 saturated heterocycles. The Balaban J connectivity index is 0.00000220. The van der Waals surface area contributed by atoms with Gasteiger partial charge in [0.1, 0.15) is 0 Å². The number of nitrogens with zero attached hydrogens (tertiary/aromatic N) is 4. The third kappa shape index (κ3) is 3.85. The first kappa shape index (κ1) is 20.6. The smallest absolute Gasteiger partial charge is 0.291 e. The fourth-order valence-electron chi connectivity index (χ4n) is 2.07. The number of carbonyl (C=O) groups is 1. The van der Waals surface area contributed by atoms with Gasteiger partial charge >= 0.3 is 0 Å². The zero-order valence-electron chi connectivity index (χ0n) is 12.9. The molecule has 0 saturated carbocycles. The Morgan fingerprint density at radius 2 is 2.00 bits per heavy atom. The molecule has 0 aliphatic rings. The minimum absolute atomic E-state index is 0. The number of hydrogen-bond donors (Lipinski definition) is 2. The zero-order valence-corrected chi connectivity index (χ0v) is 14.5. The summed E-state index contributed by atoms with van der Waals surface area (Å²) in [5.74, 6) is 0.220. The molecule has 2 aromatic heterocycles. The number of fused-ring (bicyclic) bond motifs is 1. The maximum absolute atomic E-state index is 12.3. The van der Waals surface area contributed by atoms with Crippen LogP contribution in [0.3, 0.4) is 0 Å². The average Bonchev–Trinajstić information content (AvgIpc) is 2.90. The second-order valence-corrected chi connectivity index (χ2v) is 4.88. The molecule has 0 aliphatic carbocycles. The fraction of sp³-hybridized carbons (Fsp3) is 0.538. The van der Waals surface area contributed by atoms with Crippen molar-refractivity contribution in [3.8, 4) is 0 Å². The summed E-state index contributed by atoms with van der Waals surface area (Å²) in [4.78, 5) is 20.5. The van der Waals surface area contributed by atoms with Crippen molar-refractivity contribution < 1.29 is 4.79 Å². The Kier molecular flexibility index (Phi) is 7.72. The summed E-state index contributed by atoms with van der Waals surface area (Å²) in [6.07, 6.45) is 3.16. The highest BCUT2D eigenvalue weighted by atomic mass is 35.5. The Labute approximate surface area is 141 Å². The molecule has 3 N–H and O–H groups in total. The van der Waals surface area contributed by atoms with Crippen molar-refractivity contribution in [1.82, 2.24) is 24.9 Å². The lowest BCUT2D eigenvalue weighted by Gasteiger charge is -2.30. The Morgan fingerprint density at radius 1 is 1.36 bits per heavy atom. The summed E-state index contributed by atoms with van der Waals surface area (Å²) in [5, 5.41) is 7.14. The standard InChI is InChI=1S/C13H20N6O.2ClH/c1-4-13(5-2,8-14)17-11(20)10-16-12-15-7-6-9(3)19(12)18-10;;/h6-7H,4-5,8,14H2,1-3H3,(H,17,20);2*1H. The topological polar surface area (TPSA) is 98.2 Å². The van der Waals surface area contributed by atoms with Crippen molar-refractivity contribution in [1.29, 1.82) is 0 Å². The molecular formula is C13H22Cl2N6O. The van der Waals surface area contributed by atoms with Crippen LogP contribution in [0.15, 0.2) is 12.3 Å². The molecule has 7 nitrogen and oxygen atoms in total. The van der Waals surface area contributed by atoms with E-state index in [1.807, 2.05) is 26.8 Å². The van der Waals surface area contributed by atoms with Crippen LogP contribution in [0.2, 0.25) is 0 Å². The first-order valence-corrected chi connectivity index (χ1v) is 6.76. The molecule has 0 radical (unpaired) electrons. The van der Waals surface area contributed by atoms with E-state index in [4.69, 9.17) is 5.73 Å². The van der Waals surface area contributed by atoms with Gasteiger partial charge in [-0.2, -0.15) is 4.98 Å². The van der Waals surface area contributed by atoms with E-state index in [1.54, 1.807) is 10.7 Å². The van der Waals surface area contributed by atoms with Crippen molar-refractivity contribution in [2.75, 3.05) is 6.54 Å². The van der Waals surface area contributed by atoms with Crippen LogP contribution < -0.4 is 11.1 Å². The average molecular weight is 349 g/mol. The normalized spacial score (nSPS) is 10.7. The van der Waals surface area contributed by atoms with Crippen LogP contribution in [0.4, 0.5) is 0 Å². The van der Waals surface area contributed by atoms with Crippen LogP contribution in [0.1, 0.15) is 43.0 Å². The van der Waals surface area contributed by atoms with E-state index in [1.165, 1.54) is 0 Å². The molecular weight excluding hydrogens is 327 g/mol. The zero-order chi connectivity index (χ0) is 14.8. The highest BCUT2D eigenvalue weighted by molar-refractivity contribution is 5.91. The SMILES string of the molecule is CCC(CC)(CN)NC(=O)c1nc2nccc(C)n2n1.Cl.Cl. The summed E-state index contributed by atoms with van der Waals surface area (Å²) in [6.45, 7) is 6.27. The largest absolute Gasteiger partial charge is 0.343 e. The number of nitrogens with one attached hydrogen (secondary N) is 1. The summed E-state index contributed by atoms with van der Waals surface area (Å²) in [7, 11) is 0. The van der Waals surface area contributed by atoms with Gasteiger partial charge in [-0.3, -0.25) is 4.79 Å². The fourth-order valence-corrected chi connectivity index (χ4v) is 2.07. The van der Waals surface area contributed by atoms with Crippen molar-refractivity contribution in [3.05, 3.63) is 23.8 Å². The molecule has 0 aromatic carbocycles. The molecule has 0 aliphatic heterocycles. The summed E-state index contributed by atoms with van der Waals surface area (Å²) < 4.78 is 1.55. The van der Waals surface area contributed by atoms with Crippen LogP contribution in [-0.2, 0) is 0 Å². The summed E-state index contributed by atoms with van der Waals surface area (Å²) in [6, 6.07) is 1.81. The third-order valence-electron chi connectivity index (χ3n) is 3.76. The second-order valence-electron chi connectivity index (χ2n) is 4.88. The van der Waals surface area contributed by atoms with E-state index in [9.17, 15) is 4.79 Å². The maximum atomic E-state index is 12.3. The van der Waals surface area contributed by atoms with Crippen LogP contribution in [0, 0.1) is 6.92 Å². The number of aryl methyl sites for hydroxylation is 1. The van der Waals surface area contributed by atoms with E-state index in [0.717, 1.165) is 18.5 Å². The summed E-state index contributed by atoms with van der Waals surface area (Å²) >= 11 is 0. The van der Waals surface area contributed by atoms with Gasteiger partial charge in [-0.25, -0.2) is 9.50 Å². The lowest BCUT2D eigenvalue weighted by molar-refractivity contribution is 0.0884. The van der Waals surface area contributed by atoms with Crippen LogP contribution in [0.25, 0.3) is 5.78 Å². The molecule has 9 heteroatoms. The van der Waals surface area contributed by atoms with Crippen molar-refractivity contribution in [2.24, 2.45) is 5.73 Å². The first-order valence-electron chi connectivity index (χ1n) is 6.76. The Hall–Kier alpha value is -1.44. The van der Waals surface area contributed by atoms with Gasteiger partial charge in [0.25, 0.3) is 11.7 Å². The number of amides is 1. The minimum atomic E-state index is -0.406. The van der Waals surface area contributed by atoms with Gasteiger partial charge in [0.2, 0.25) is 5.82 Å². The van der Waals surface area contributed by atoms with E-state index in [0.29, 0.717) is 12.3 Å². The number of aromatic nitrogens is 4. The number of halogens is 2. The molecule has 22 heavy (non-hydrogen) atoms. The molecule has 2 heterocycles. The molecule has 2 aromatic rings. The molecule has 0 atom stereocenters. The lowest BCUT2D eigenvalue weighted by atomic mass is 9.93. The van der Waals surface area contributed by atoms with Crippen molar-refractivity contribution in [3.63, 3.8) is 0 Å². The van der Waals surface area contributed by atoms with Gasteiger partial charge in [-0.1, -0.05) is 13.8 Å². The van der Waals surface area contributed by atoms with Crippen molar-refractivity contribution in [2.45, 2.75) is 39.2 Å². The third-order valence-corrected chi connectivity index (χ3v) is 3.76. The van der Waals surface area contributed by atoms with Crippen LogP contribution in [-0.4, -0.2) is 37.6 Å². The highest BCUT2D eigenvalue weighted by Crippen LogP contribution is 2.14. The molecule has 124 valence electrons. The molecule has 0 spiro atoms. The van der Waals surface area contributed by atoms with E-state index in [-0.39, 0.29) is 36.5 Å². The van der Waals surface area contributed by atoms with Crippen LogP contribution >= 0.6 is 24.8 Å². The molecule has 2 rings (SSSR count). The number of carbonyl (C=O) groups excluding carboxylic acids is 1. The Bertz CT molecular complexity index is 618. The van der Waals surface area contributed by atoms with Gasteiger partial charge in [0, 0.05) is 18.4 Å². The number of rotatable bonds is 5. The van der Waals surface area contributed by atoms with Gasteiger partial charge in [0.05, 0.1) is 5.54 Å². The first-order chi connectivity index (χ1) is 9.55. The van der Waals surface area contributed by atoms with Crippen LogP contribution in [0.5, 0.6) is 0 Å². The van der Waals surface area contributed by atoms with E-state index >= 15 is 0 Å². The van der Waals surface area contributed by atoms with E-state index in [2.05, 4.69) is 20.4 Å². The molecule has 1 amide bonds. The second kappa shape index (κ2) is 8.26. The predicted octanol–water partition coefficient (Wildman–Crippen LogP) is 1.52. The Morgan fingerprint density at radius 3 is 2.50 bits per heavy atom. The summed E-state index contributed by atoms with van der Waals surface area (Å²) in [5.41, 5.74) is 6.25. The van der Waals surface area contributed by atoms with Gasteiger partial charge in [-0.15, -0.1) is 29.9 Å². The van der Waals surface area contributed by atoms with Crippen molar-refractivity contribution >= 4 is 36.5 Å². The lowest BCUT2D eigenvalue weighted by Crippen LogP contribution is -2.53. The number of hydrogen-bond acceptors (Lipinski definition) is 5. The van der Waals surface area contributed by atoms with E-state index < -0.39 is 5.54 Å². The molecule has 0 bridgehead atoms. The van der Waals surface area contributed by atoms with Gasteiger partial charge < -0.3 is 11.1 Å². The molecule has 0 fully saturated rings. The maximum Gasteiger partial charge on any atom is 0.291 e. The molecule has 0 unspecified atom stereocenters. The quantitative estimate of drug-likeness (QED) is 0.853.